The molecule has 0 saturated carbocycles. The van der Waals surface area contributed by atoms with E-state index in [2.05, 4.69) is 6.08 Å². The first-order chi connectivity index (χ1) is 16.6. The zero-order valence-corrected chi connectivity index (χ0v) is 22.4. The average molecular weight is 505 g/mol. The van der Waals surface area contributed by atoms with Crippen molar-refractivity contribution < 1.29 is 24.2 Å². The van der Waals surface area contributed by atoms with Gasteiger partial charge in [-0.3, -0.25) is 14.4 Å². The molecule has 4 rings (SSSR count). The molecule has 0 aromatic heterocycles. The van der Waals surface area contributed by atoms with Crippen molar-refractivity contribution in [2.45, 2.75) is 87.9 Å². The molecule has 0 aliphatic carbocycles. The third-order valence-electron chi connectivity index (χ3n) is 8.19. The average Bonchev–Trinajstić information content (AvgIpc) is 3.18. The molecule has 0 aromatic rings. The van der Waals surface area contributed by atoms with E-state index in [1.54, 1.807) is 16.7 Å². The van der Waals surface area contributed by atoms with Crippen molar-refractivity contribution in [2.24, 2.45) is 17.8 Å². The molecule has 1 N–H and O–H groups in total. The number of thioether (sulfide) groups is 1. The van der Waals surface area contributed by atoms with Crippen molar-refractivity contribution in [3.63, 3.8) is 0 Å². The van der Waals surface area contributed by atoms with Crippen LogP contribution in [0.3, 0.4) is 0 Å². The summed E-state index contributed by atoms with van der Waals surface area (Å²) in [5.41, 5.74) is -0.440. The number of ether oxygens (including phenoxy) is 1. The van der Waals surface area contributed by atoms with Gasteiger partial charge in [0, 0.05) is 17.3 Å². The van der Waals surface area contributed by atoms with Gasteiger partial charge in [-0.2, -0.15) is 0 Å². The SMILES string of the molecule is CC[C@H](C)[C@H](CO)N1C(=O)[C@@H]2[C@@H]3C(=O)OCCCC/C=C\[C@@H]3S[C@@]23C=CCN(C(C)(C)C)C(=O)C13. The van der Waals surface area contributed by atoms with Gasteiger partial charge in [-0.1, -0.05) is 44.6 Å². The molecule has 0 radical (unpaired) electrons. The van der Waals surface area contributed by atoms with Gasteiger partial charge in [-0.05, 0) is 46.0 Å². The number of cyclic esters (lactones) is 1. The van der Waals surface area contributed by atoms with Crippen LogP contribution in [0.1, 0.15) is 60.3 Å². The van der Waals surface area contributed by atoms with Gasteiger partial charge < -0.3 is 19.6 Å². The molecular formula is C27H40N2O5S. The second-order valence-corrected chi connectivity index (χ2v) is 12.8. The van der Waals surface area contributed by atoms with Gasteiger partial charge in [0.15, 0.2) is 0 Å². The normalized spacial score (nSPS) is 36.1. The summed E-state index contributed by atoms with van der Waals surface area (Å²) < 4.78 is 4.78. The van der Waals surface area contributed by atoms with Gasteiger partial charge in [0.2, 0.25) is 11.8 Å². The Kier molecular flexibility index (Phi) is 7.45. The van der Waals surface area contributed by atoms with Gasteiger partial charge in [0.05, 0.1) is 35.8 Å². The zero-order valence-electron chi connectivity index (χ0n) is 21.6. The summed E-state index contributed by atoms with van der Waals surface area (Å²) in [6.07, 6.45) is 11.6. The molecule has 7 atom stereocenters. The lowest BCUT2D eigenvalue weighted by Gasteiger charge is -2.43. The van der Waals surface area contributed by atoms with Crippen molar-refractivity contribution in [2.75, 3.05) is 19.8 Å². The monoisotopic (exact) mass is 504 g/mol. The first-order valence-electron chi connectivity index (χ1n) is 13.0. The number of aliphatic hydroxyl groups is 1. The smallest absolute Gasteiger partial charge is 0.311 e. The number of aliphatic hydroxyl groups excluding tert-OH is 1. The van der Waals surface area contributed by atoms with Gasteiger partial charge in [-0.25, -0.2) is 0 Å². The number of rotatable bonds is 4. The summed E-state index contributed by atoms with van der Waals surface area (Å²) in [6, 6.07) is -1.28. The molecule has 4 aliphatic heterocycles. The van der Waals surface area contributed by atoms with Crippen molar-refractivity contribution in [3.05, 3.63) is 24.3 Å². The van der Waals surface area contributed by atoms with Crippen LogP contribution in [-0.4, -0.2) is 80.1 Å². The minimum Gasteiger partial charge on any atom is -0.465 e. The van der Waals surface area contributed by atoms with Gasteiger partial charge >= 0.3 is 5.97 Å². The highest BCUT2D eigenvalue weighted by atomic mass is 32.2. The largest absolute Gasteiger partial charge is 0.465 e. The Morgan fingerprint density at radius 3 is 2.60 bits per heavy atom. The van der Waals surface area contributed by atoms with Gasteiger partial charge in [0.1, 0.15) is 6.04 Å². The Bertz CT molecular complexity index is 912. The van der Waals surface area contributed by atoms with E-state index in [1.165, 1.54) is 0 Å². The fourth-order valence-electron chi connectivity index (χ4n) is 6.13. The summed E-state index contributed by atoms with van der Waals surface area (Å²) in [5.74, 6) is -2.06. The van der Waals surface area contributed by atoms with Gasteiger partial charge in [0.25, 0.3) is 0 Å². The number of amides is 2. The summed E-state index contributed by atoms with van der Waals surface area (Å²) in [6.45, 7) is 10.6. The van der Waals surface area contributed by atoms with Crippen LogP contribution in [0.25, 0.3) is 0 Å². The Morgan fingerprint density at radius 1 is 1.20 bits per heavy atom. The Labute approximate surface area is 213 Å². The van der Waals surface area contributed by atoms with Crippen LogP contribution in [0.4, 0.5) is 0 Å². The number of hydrogen-bond donors (Lipinski definition) is 1. The van der Waals surface area contributed by atoms with Crippen molar-refractivity contribution in [3.8, 4) is 0 Å². The molecular weight excluding hydrogens is 464 g/mol. The molecule has 7 nitrogen and oxygen atoms in total. The number of allylic oxidation sites excluding steroid dienone is 1. The first-order valence-corrected chi connectivity index (χ1v) is 13.9. The maximum absolute atomic E-state index is 14.3. The summed E-state index contributed by atoms with van der Waals surface area (Å²) in [4.78, 5) is 45.5. The molecule has 194 valence electrons. The predicted molar refractivity (Wildman–Crippen MR) is 137 cm³/mol. The third kappa shape index (κ3) is 4.35. The second-order valence-electron chi connectivity index (χ2n) is 11.3. The lowest BCUT2D eigenvalue weighted by molar-refractivity contribution is -0.154. The fourth-order valence-corrected chi connectivity index (χ4v) is 8.12. The van der Waals surface area contributed by atoms with E-state index in [0.29, 0.717) is 13.2 Å². The van der Waals surface area contributed by atoms with Crippen LogP contribution >= 0.6 is 11.8 Å². The standard InChI is InChI=1S/C27H40N2O5S/c1-6-17(2)18(16-30)29-22-24(32)28(26(3,4)5)14-11-13-27(22)21(23(29)31)20-19(35-27)12-9-7-8-10-15-34-25(20)33/h9,11-13,17-22,30H,6-8,10,14-16H2,1-5H3/b12-9-/t17-,18-,19-,20+,21-,22?,27-/m0/s1. The Balaban J connectivity index is 1.88. The van der Waals surface area contributed by atoms with E-state index in [1.807, 2.05) is 57.7 Å². The molecule has 2 amide bonds. The van der Waals surface area contributed by atoms with Crippen molar-refractivity contribution in [1.82, 2.24) is 9.80 Å². The summed E-state index contributed by atoms with van der Waals surface area (Å²) in [5, 5.41) is 10.2. The maximum Gasteiger partial charge on any atom is 0.311 e. The summed E-state index contributed by atoms with van der Waals surface area (Å²) in [7, 11) is 0. The van der Waals surface area contributed by atoms with Crippen molar-refractivity contribution in [1.29, 1.82) is 0 Å². The maximum atomic E-state index is 14.3. The number of fused-ring (bicyclic) bond motifs is 2. The van der Waals surface area contributed by atoms with E-state index in [9.17, 15) is 19.5 Å². The quantitative estimate of drug-likeness (QED) is 0.468. The lowest BCUT2D eigenvalue weighted by atomic mass is 9.78. The number of nitrogens with zero attached hydrogens (tertiary/aromatic N) is 2. The Morgan fingerprint density at radius 2 is 1.94 bits per heavy atom. The van der Waals surface area contributed by atoms with Crippen LogP contribution in [0, 0.1) is 17.8 Å². The molecule has 2 saturated heterocycles. The molecule has 35 heavy (non-hydrogen) atoms. The van der Waals surface area contributed by atoms with Crippen LogP contribution in [0.5, 0.6) is 0 Å². The Hall–Kier alpha value is -1.80. The molecule has 0 bridgehead atoms. The van der Waals surface area contributed by atoms with E-state index in [4.69, 9.17) is 4.74 Å². The van der Waals surface area contributed by atoms with E-state index >= 15 is 0 Å². The summed E-state index contributed by atoms with van der Waals surface area (Å²) >= 11 is 1.56. The van der Waals surface area contributed by atoms with E-state index in [0.717, 1.165) is 25.7 Å². The lowest BCUT2D eigenvalue weighted by Crippen LogP contribution is -2.60. The van der Waals surface area contributed by atoms with Gasteiger partial charge in [-0.15, -0.1) is 11.8 Å². The fraction of sp³-hybridized carbons (Fsp3) is 0.741. The number of esters is 1. The zero-order chi connectivity index (χ0) is 25.5. The topological polar surface area (TPSA) is 87.2 Å². The van der Waals surface area contributed by atoms with Crippen LogP contribution < -0.4 is 0 Å². The molecule has 2 fully saturated rings. The minimum absolute atomic E-state index is 0.000337. The number of carbonyl (C=O) groups is 3. The van der Waals surface area contributed by atoms with Crippen molar-refractivity contribution >= 4 is 29.5 Å². The highest BCUT2D eigenvalue weighted by Gasteiger charge is 2.72. The van der Waals surface area contributed by atoms with Crippen LogP contribution in [0.2, 0.25) is 0 Å². The number of hydrogen-bond acceptors (Lipinski definition) is 6. The third-order valence-corrected chi connectivity index (χ3v) is 9.94. The molecule has 8 heteroatoms. The highest BCUT2D eigenvalue weighted by Crippen LogP contribution is 2.61. The second kappa shape index (κ2) is 9.92. The van der Waals surface area contributed by atoms with Crippen LogP contribution in [-0.2, 0) is 19.1 Å². The predicted octanol–water partition coefficient (Wildman–Crippen LogP) is 3.17. The van der Waals surface area contributed by atoms with E-state index < -0.39 is 34.2 Å². The highest BCUT2D eigenvalue weighted by molar-refractivity contribution is 8.02. The number of likely N-dealkylation sites (tertiary alicyclic amines) is 1. The molecule has 4 heterocycles. The van der Waals surface area contributed by atoms with E-state index in [-0.39, 0.29) is 35.6 Å². The van der Waals surface area contributed by atoms with Crippen LogP contribution in [0.15, 0.2) is 24.3 Å². The number of carbonyl (C=O) groups excluding carboxylic acids is 3. The molecule has 1 unspecified atom stereocenters. The molecule has 1 spiro atoms. The minimum atomic E-state index is -0.887. The first kappa shape index (κ1) is 26.3. The molecule has 0 aromatic carbocycles. The molecule has 4 aliphatic rings.